The van der Waals surface area contributed by atoms with Crippen LogP contribution in [-0.2, 0) is 30.5 Å². The highest BCUT2D eigenvalue weighted by molar-refractivity contribution is 6.66. The van der Waals surface area contributed by atoms with Crippen molar-refractivity contribution in [1.29, 1.82) is 0 Å². The first-order chi connectivity index (χ1) is 13.4. The van der Waals surface area contributed by atoms with Crippen LogP contribution in [0.1, 0.15) is 51.7 Å². The second-order valence-electron chi connectivity index (χ2n) is 7.48. The number of aryl methyl sites for hydroxylation is 2. The molecule has 0 aliphatic carbocycles. The molecule has 0 heterocycles. The minimum absolute atomic E-state index is 0.738. The molecule has 0 radical (unpaired) electrons. The molecule has 0 bridgehead atoms. The van der Waals surface area contributed by atoms with E-state index in [2.05, 4.69) is 65.1 Å². The Morgan fingerprint density at radius 1 is 0.607 bits per heavy atom. The summed E-state index contributed by atoms with van der Waals surface area (Å²) >= 11 is 0. The van der Waals surface area contributed by atoms with Crippen LogP contribution >= 0.6 is 0 Å². The molecule has 162 valence electrons. The van der Waals surface area contributed by atoms with Crippen LogP contribution in [0.2, 0.25) is 25.2 Å². The molecule has 6 heteroatoms. The largest absolute Gasteiger partial charge is 0.395 e. The summed E-state index contributed by atoms with van der Waals surface area (Å²) in [6.07, 6.45) is 4.41. The Bertz CT molecular complexity index is 480. The lowest BCUT2D eigenvalue weighted by Gasteiger charge is -2.26. The SMILES string of the molecule is CCO[Si](C)(CCCc1ccccc1CCC[Si](C)(OCC)OCC)OCC. The molecule has 1 rings (SSSR count). The van der Waals surface area contributed by atoms with Crippen molar-refractivity contribution < 1.29 is 17.7 Å². The van der Waals surface area contributed by atoms with Gasteiger partial charge in [0.15, 0.2) is 0 Å². The van der Waals surface area contributed by atoms with E-state index in [9.17, 15) is 0 Å². The molecule has 0 amide bonds. The van der Waals surface area contributed by atoms with E-state index in [1.807, 2.05) is 0 Å². The Morgan fingerprint density at radius 2 is 0.929 bits per heavy atom. The Balaban J connectivity index is 2.60. The van der Waals surface area contributed by atoms with Gasteiger partial charge in [0.25, 0.3) is 0 Å². The zero-order valence-electron chi connectivity index (χ0n) is 19.0. The molecule has 0 fully saturated rings. The third kappa shape index (κ3) is 9.33. The van der Waals surface area contributed by atoms with Gasteiger partial charge in [0.2, 0.25) is 0 Å². The van der Waals surface area contributed by atoms with E-state index >= 15 is 0 Å². The van der Waals surface area contributed by atoms with Gasteiger partial charge in [-0.25, -0.2) is 0 Å². The predicted molar refractivity (Wildman–Crippen MR) is 122 cm³/mol. The molecule has 0 spiro atoms. The lowest BCUT2D eigenvalue weighted by Crippen LogP contribution is -2.38. The first-order valence-corrected chi connectivity index (χ1v) is 16.1. The van der Waals surface area contributed by atoms with Gasteiger partial charge in [0.1, 0.15) is 0 Å². The molecule has 28 heavy (non-hydrogen) atoms. The van der Waals surface area contributed by atoms with Crippen molar-refractivity contribution in [2.24, 2.45) is 0 Å². The van der Waals surface area contributed by atoms with Gasteiger partial charge in [-0.3, -0.25) is 0 Å². The number of hydrogen-bond acceptors (Lipinski definition) is 4. The van der Waals surface area contributed by atoms with E-state index in [1.54, 1.807) is 0 Å². The van der Waals surface area contributed by atoms with Crippen LogP contribution in [0.4, 0.5) is 0 Å². The smallest absolute Gasteiger partial charge is 0.334 e. The van der Waals surface area contributed by atoms with Crippen molar-refractivity contribution in [1.82, 2.24) is 0 Å². The Labute approximate surface area is 175 Å². The average molecular weight is 427 g/mol. The summed E-state index contributed by atoms with van der Waals surface area (Å²) in [5, 5.41) is 0. The van der Waals surface area contributed by atoms with Crippen molar-refractivity contribution in [2.45, 2.75) is 78.6 Å². The fourth-order valence-corrected chi connectivity index (χ4v) is 8.66. The van der Waals surface area contributed by atoms with E-state index in [0.29, 0.717) is 0 Å². The van der Waals surface area contributed by atoms with Crippen LogP contribution in [0.5, 0.6) is 0 Å². The first-order valence-electron chi connectivity index (χ1n) is 11.0. The minimum Gasteiger partial charge on any atom is -0.395 e. The van der Waals surface area contributed by atoms with Crippen molar-refractivity contribution >= 4 is 17.1 Å². The maximum Gasteiger partial charge on any atom is 0.334 e. The molecular weight excluding hydrogens is 384 g/mol. The molecule has 0 aliphatic heterocycles. The molecule has 0 unspecified atom stereocenters. The highest BCUT2D eigenvalue weighted by Gasteiger charge is 2.31. The van der Waals surface area contributed by atoms with Crippen molar-refractivity contribution in [3.8, 4) is 0 Å². The molecule has 0 saturated heterocycles. The highest BCUT2D eigenvalue weighted by Crippen LogP contribution is 2.22. The van der Waals surface area contributed by atoms with E-state index in [0.717, 1.165) is 64.2 Å². The minimum atomic E-state index is -2.02. The van der Waals surface area contributed by atoms with E-state index in [-0.39, 0.29) is 0 Å². The van der Waals surface area contributed by atoms with E-state index in [1.165, 1.54) is 11.1 Å². The molecule has 4 nitrogen and oxygen atoms in total. The predicted octanol–water partition coefficient (Wildman–Crippen LogP) is 5.84. The van der Waals surface area contributed by atoms with Gasteiger partial charge in [-0.1, -0.05) is 24.3 Å². The van der Waals surface area contributed by atoms with Crippen LogP contribution in [0.3, 0.4) is 0 Å². The molecule has 1 aromatic carbocycles. The van der Waals surface area contributed by atoms with Crippen LogP contribution in [0.25, 0.3) is 0 Å². The summed E-state index contributed by atoms with van der Waals surface area (Å²) in [5.41, 5.74) is 2.92. The lowest BCUT2D eigenvalue weighted by atomic mass is 10.00. The first kappa shape index (κ1) is 25.5. The average Bonchev–Trinajstić information content (AvgIpc) is 2.64. The third-order valence-corrected chi connectivity index (χ3v) is 11.2. The summed E-state index contributed by atoms with van der Waals surface area (Å²) < 4.78 is 23.9. The lowest BCUT2D eigenvalue weighted by molar-refractivity contribution is 0.187. The summed E-state index contributed by atoms with van der Waals surface area (Å²) in [6, 6.07) is 10.9. The van der Waals surface area contributed by atoms with Crippen LogP contribution < -0.4 is 0 Å². The molecule has 0 aliphatic rings. The van der Waals surface area contributed by atoms with Gasteiger partial charge in [0.05, 0.1) is 0 Å². The van der Waals surface area contributed by atoms with Crippen molar-refractivity contribution in [3.05, 3.63) is 35.4 Å². The molecule has 0 aromatic heterocycles. The second kappa shape index (κ2) is 13.7. The molecular formula is C22H42O4Si2. The van der Waals surface area contributed by atoms with E-state index in [4.69, 9.17) is 17.7 Å². The molecule has 0 saturated carbocycles. The van der Waals surface area contributed by atoms with Crippen LogP contribution in [-0.4, -0.2) is 43.5 Å². The summed E-state index contributed by atoms with van der Waals surface area (Å²) in [4.78, 5) is 0. The van der Waals surface area contributed by atoms with Crippen LogP contribution in [0.15, 0.2) is 24.3 Å². The number of rotatable bonds is 16. The topological polar surface area (TPSA) is 36.9 Å². The van der Waals surface area contributed by atoms with Gasteiger partial charge < -0.3 is 17.7 Å². The third-order valence-electron chi connectivity index (χ3n) is 5.07. The summed E-state index contributed by atoms with van der Waals surface area (Å²) in [7, 11) is -4.03. The second-order valence-corrected chi connectivity index (χ2v) is 14.2. The fourth-order valence-electron chi connectivity index (χ4n) is 3.84. The Hall–Kier alpha value is -0.506. The Morgan fingerprint density at radius 3 is 1.21 bits per heavy atom. The van der Waals surface area contributed by atoms with Gasteiger partial charge in [-0.15, -0.1) is 0 Å². The van der Waals surface area contributed by atoms with Gasteiger partial charge in [-0.05, 0) is 89.7 Å². The number of benzene rings is 1. The van der Waals surface area contributed by atoms with Crippen molar-refractivity contribution in [2.75, 3.05) is 26.4 Å². The summed E-state index contributed by atoms with van der Waals surface area (Å²) in [6.45, 7) is 15.6. The quantitative estimate of drug-likeness (QED) is 0.311. The normalized spacial score (nSPS) is 12.5. The molecule has 1 aromatic rings. The van der Waals surface area contributed by atoms with Gasteiger partial charge >= 0.3 is 17.1 Å². The number of hydrogen-bond donors (Lipinski definition) is 0. The maximum absolute atomic E-state index is 5.98. The summed E-state index contributed by atoms with van der Waals surface area (Å²) in [5.74, 6) is 0. The molecule has 0 N–H and O–H groups in total. The van der Waals surface area contributed by atoms with Crippen molar-refractivity contribution in [3.63, 3.8) is 0 Å². The zero-order valence-corrected chi connectivity index (χ0v) is 21.0. The van der Waals surface area contributed by atoms with E-state index < -0.39 is 17.1 Å². The van der Waals surface area contributed by atoms with Gasteiger partial charge in [0, 0.05) is 26.4 Å². The molecule has 0 atom stereocenters. The Kier molecular flexibility index (Phi) is 12.5. The zero-order chi connectivity index (χ0) is 20.9. The maximum atomic E-state index is 5.98. The van der Waals surface area contributed by atoms with Gasteiger partial charge in [-0.2, -0.15) is 0 Å². The fraction of sp³-hybridized carbons (Fsp3) is 0.727. The monoisotopic (exact) mass is 426 g/mol. The standard InChI is InChI=1S/C22H42O4Si2/c1-7-23-27(5,24-8-2)19-13-17-21-15-11-12-16-22(21)18-14-20-28(6,25-9-3)26-10-4/h11-12,15-16H,7-10,13-14,17-20H2,1-6H3. The van der Waals surface area contributed by atoms with Crippen LogP contribution in [0, 0.1) is 0 Å². The highest BCUT2D eigenvalue weighted by atomic mass is 28.4.